The minimum absolute atomic E-state index is 0.107. The van der Waals surface area contributed by atoms with Crippen molar-refractivity contribution in [2.24, 2.45) is 0 Å². The first-order valence-electron chi connectivity index (χ1n) is 5.39. The van der Waals surface area contributed by atoms with Gasteiger partial charge in [-0.2, -0.15) is 4.98 Å². The predicted molar refractivity (Wildman–Crippen MR) is 68.0 cm³/mol. The van der Waals surface area contributed by atoms with Gasteiger partial charge < -0.3 is 13.9 Å². The number of esters is 1. The molecule has 0 saturated carbocycles. The first-order chi connectivity index (χ1) is 9.63. The molecule has 2 rings (SSSR count). The van der Waals surface area contributed by atoms with Gasteiger partial charge in [-0.05, 0) is 18.7 Å². The first kappa shape index (κ1) is 14.5. The van der Waals surface area contributed by atoms with Crippen LogP contribution in [0.25, 0.3) is 0 Å². The summed E-state index contributed by atoms with van der Waals surface area (Å²) in [6.45, 7) is 1.90. The normalized spacial score (nSPS) is 10.3. The molecule has 2 aromatic rings. The number of carbonyl (C=O) groups excluding carboxylic acids is 1. The molecule has 0 fully saturated rings. The van der Waals surface area contributed by atoms with Crippen LogP contribution in [0.4, 0.5) is 0 Å². The van der Waals surface area contributed by atoms with Gasteiger partial charge >= 0.3 is 17.9 Å². The summed E-state index contributed by atoms with van der Waals surface area (Å²) in [5.41, 5.74) is 0. The number of aromatic nitrogens is 4. The highest BCUT2D eigenvalue weighted by Gasteiger charge is 2.18. The maximum Gasteiger partial charge on any atom is 0.396 e. The van der Waals surface area contributed by atoms with Crippen LogP contribution in [0.2, 0.25) is 5.02 Å². The third-order valence-electron chi connectivity index (χ3n) is 1.91. The monoisotopic (exact) mass is 316 g/mol. The Kier molecular flexibility index (Phi) is 4.74. The predicted octanol–water partition coefficient (Wildman–Crippen LogP) is 1.85. The molecular weight excluding hydrogens is 308 g/mol. The smallest absolute Gasteiger partial charge is 0.396 e. The van der Waals surface area contributed by atoms with Gasteiger partial charge in [-0.1, -0.05) is 16.7 Å². The van der Waals surface area contributed by atoms with Crippen molar-refractivity contribution in [3.63, 3.8) is 0 Å². The van der Waals surface area contributed by atoms with E-state index in [4.69, 9.17) is 25.5 Å². The number of carbonyl (C=O) groups is 1. The van der Waals surface area contributed by atoms with Gasteiger partial charge in [0.2, 0.25) is 0 Å². The van der Waals surface area contributed by atoms with Gasteiger partial charge in [0.1, 0.15) is 5.03 Å². The van der Waals surface area contributed by atoms with Crippen LogP contribution in [0, 0.1) is 0 Å². The molecule has 2 aromatic heterocycles. The van der Waals surface area contributed by atoms with Gasteiger partial charge in [0.05, 0.1) is 24.9 Å². The van der Waals surface area contributed by atoms with E-state index < -0.39 is 5.97 Å². The molecule has 0 amide bonds. The van der Waals surface area contributed by atoms with Crippen molar-refractivity contribution >= 4 is 29.3 Å². The lowest BCUT2D eigenvalue weighted by Crippen LogP contribution is -2.04. The quantitative estimate of drug-likeness (QED) is 0.604. The molecule has 0 aromatic carbocycles. The highest BCUT2D eigenvalue weighted by Crippen LogP contribution is 2.31. The van der Waals surface area contributed by atoms with Crippen LogP contribution in [0.15, 0.2) is 20.9 Å². The Bertz CT molecular complexity index is 621. The fourth-order valence-electron chi connectivity index (χ4n) is 1.12. The Balaban J connectivity index is 2.16. The molecule has 0 saturated heterocycles. The topological polar surface area (TPSA) is 100 Å². The molecular formula is C10H9ClN4O4S. The Hall–Kier alpha value is -1.87. The van der Waals surface area contributed by atoms with Crippen molar-refractivity contribution < 1.29 is 18.7 Å². The van der Waals surface area contributed by atoms with Gasteiger partial charge in [0.25, 0.3) is 5.22 Å². The van der Waals surface area contributed by atoms with Gasteiger partial charge in [0, 0.05) is 0 Å². The van der Waals surface area contributed by atoms with E-state index in [1.165, 1.54) is 13.3 Å². The van der Waals surface area contributed by atoms with Crippen LogP contribution in [0.1, 0.15) is 17.6 Å². The van der Waals surface area contributed by atoms with Gasteiger partial charge in [0.15, 0.2) is 0 Å². The molecule has 0 unspecified atom stereocenters. The van der Waals surface area contributed by atoms with E-state index in [9.17, 15) is 4.79 Å². The molecule has 0 bridgehead atoms. The third-order valence-corrected chi connectivity index (χ3v) is 3.15. The van der Waals surface area contributed by atoms with E-state index in [-0.39, 0.29) is 23.7 Å². The lowest BCUT2D eigenvalue weighted by Gasteiger charge is -2.01. The Morgan fingerprint density at radius 3 is 3.00 bits per heavy atom. The molecule has 2 heterocycles. The number of ether oxygens (including phenoxy) is 2. The summed E-state index contributed by atoms with van der Waals surface area (Å²) in [6.07, 6.45) is 1.39. The average Bonchev–Trinajstić information content (AvgIpc) is 2.90. The van der Waals surface area contributed by atoms with Crippen molar-refractivity contribution in [2.75, 3.05) is 13.7 Å². The Morgan fingerprint density at radius 2 is 2.30 bits per heavy atom. The minimum Gasteiger partial charge on any atom is -0.467 e. The fourth-order valence-corrected chi connectivity index (χ4v) is 1.96. The summed E-state index contributed by atoms with van der Waals surface area (Å²) in [7, 11) is 1.43. The number of methoxy groups -OCH3 is 1. The zero-order valence-electron chi connectivity index (χ0n) is 10.5. The lowest BCUT2D eigenvalue weighted by atomic mass is 10.7. The molecule has 106 valence electrons. The van der Waals surface area contributed by atoms with Crippen LogP contribution in [0.5, 0.6) is 6.01 Å². The molecule has 0 atom stereocenters. The first-order valence-corrected chi connectivity index (χ1v) is 6.58. The largest absolute Gasteiger partial charge is 0.467 e. The molecule has 0 aliphatic carbocycles. The van der Waals surface area contributed by atoms with E-state index in [0.29, 0.717) is 10.0 Å². The van der Waals surface area contributed by atoms with Crippen molar-refractivity contribution in [1.29, 1.82) is 0 Å². The number of nitrogens with zero attached hydrogens (tertiary/aromatic N) is 4. The van der Waals surface area contributed by atoms with Crippen LogP contribution in [-0.2, 0) is 4.74 Å². The SMILES string of the molecule is CCOC(=O)c1nnc(Sc2nc(OC)ncc2Cl)o1. The molecule has 0 aliphatic heterocycles. The van der Waals surface area contributed by atoms with E-state index in [0.717, 1.165) is 11.8 Å². The molecule has 0 aliphatic rings. The molecule has 20 heavy (non-hydrogen) atoms. The summed E-state index contributed by atoms with van der Waals surface area (Å²) in [4.78, 5) is 19.2. The lowest BCUT2D eigenvalue weighted by molar-refractivity contribution is 0.0475. The fraction of sp³-hybridized carbons (Fsp3) is 0.300. The van der Waals surface area contributed by atoms with Crippen LogP contribution >= 0.6 is 23.4 Å². The summed E-state index contributed by atoms with van der Waals surface area (Å²) < 4.78 is 14.8. The number of hydrogen-bond acceptors (Lipinski definition) is 9. The van der Waals surface area contributed by atoms with E-state index in [2.05, 4.69) is 20.2 Å². The van der Waals surface area contributed by atoms with Crippen LogP contribution in [0.3, 0.4) is 0 Å². The zero-order valence-corrected chi connectivity index (χ0v) is 12.1. The summed E-state index contributed by atoms with van der Waals surface area (Å²) in [5.74, 6) is -0.912. The standard InChI is InChI=1S/C10H9ClN4O4S/c1-3-18-8(16)6-14-15-10(19-6)20-7-5(11)4-12-9(13-7)17-2/h4H,3H2,1-2H3. The van der Waals surface area contributed by atoms with Gasteiger partial charge in [-0.15, -0.1) is 5.10 Å². The Morgan fingerprint density at radius 1 is 1.50 bits per heavy atom. The summed E-state index contributed by atoms with van der Waals surface area (Å²) in [6, 6.07) is 0.155. The van der Waals surface area contributed by atoms with E-state index in [1.54, 1.807) is 6.92 Å². The Labute approximate surface area is 122 Å². The summed E-state index contributed by atoms with van der Waals surface area (Å²) in [5, 5.41) is 8.05. The van der Waals surface area contributed by atoms with E-state index in [1.807, 2.05) is 0 Å². The molecule has 8 nitrogen and oxygen atoms in total. The number of hydrogen-bond donors (Lipinski definition) is 0. The van der Waals surface area contributed by atoms with E-state index >= 15 is 0 Å². The number of halogens is 1. The second kappa shape index (κ2) is 6.53. The molecule has 0 radical (unpaired) electrons. The highest BCUT2D eigenvalue weighted by atomic mass is 35.5. The second-order valence-electron chi connectivity index (χ2n) is 3.21. The highest BCUT2D eigenvalue weighted by molar-refractivity contribution is 7.99. The van der Waals surface area contributed by atoms with Crippen molar-refractivity contribution in [2.45, 2.75) is 17.2 Å². The molecule has 10 heteroatoms. The minimum atomic E-state index is -0.682. The van der Waals surface area contributed by atoms with Crippen LogP contribution < -0.4 is 4.74 Å². The molecule has 0 spiro atoms. The van der Waals surface area contributed by atoms with Crippen LogP contribution in [-0.4, -0.2) is 39.9 Å². The van der Waals surface area contributed by atoms with Gasteiger partial charge in [-0.3, -0.25) is 0 Å². The number of rotatable bonds is 5. The average molecular weight is 317 g/mol. The maximum absolute atomic E-state index is 11.4. The van der Waals surface area contributed by atoms with Crippen molar-refractivity contribution in [3.8, 4) is 6.01 Å². The zero-order chi connectivity index (χ0) is 14.5. The molecule has 0 N–H and O–H groups in total. The maximum atomic E-state index is 11.4. The second-order valence-corrected chi connectivity index (χ2v) is 4.55. The van der Waals surface area contributed by atoms with Gasteiger partial charge in [-0.25, -0.2) is 9.78 Å². The summed E-state index contributed by atoms with van der Waals surface area (Å²) >= 11 is 6.93. The third kappa shape index (κ3) is 3.36. The van der Waals surface area contributed by atoms with Crippen molar-refractivity contribution in [1.82, 2.24) is 20.2 Å². The van der Waals surface area contributed by atoms with Crippen molar-refractivity contribution in [3.05, 3.63) is 17.1 Å².